The molecule has 0 radical (unpaired) electrons. The van der Waals surface area contributed by atoms with Gasteiger partial charge in [0, 0.05) is 5.56 Å². The van der Waals surface area contributed by atoms with Crippen LogP contribution in [0.25, 0.3) is 11.6 Å². The van der Waals surface area contributed by atoms with E-state index in [1.54, 1.807) is 31.2 Å². The van der Waals surface area contributed by atoms with Gasteiger partial charge < -0.3 is 14.8 Å². The molecule has 3 aromatic rings. The lowest BCUT2D eigenvalue weighted by atomic mass is 9.58. The Morgan fingerprint density at radius 3 is 2.17 bits per heavy atom. The predicted octanol–water partition coefficient (Wildman–Crippen LogP) is 7.77. The standard InChI is InChI=1S/C35H30BF6NO5/c1-19-13-26-31(33(46)43(32(26)45)25-16-23(34(37,38)39)15-24(17-25)35(40,41)42)27-18-36(47)48-29(30(19)27)12-11-21(20-7-3-2-4-8-20)14-22-9-5-6-10-28(22)44/h2-10,14-17,26-27,29,31,44,47H,11-13,18H2,1H3/b21-14-/t26-,27+,29-,31-/m1/s1. The number of nitrogens with zero attached hydrogens (tertiary/aromatic N) is 1. The lowest BCUT2D eigenvalue weighted by Gasteiger charge is -2.42. The molecule has 3 aromatic carbocycles. The number of amides is 2. The van der Waals surface area contributed by atoms with Crippen LogP contribution in [0.4, 0.5) is 32.0 Å². The molecule has 2 heterocycles. The number of aromatic hydroxyl groups is 1. The fourth-order valence-electron chi connectivity index (χ4n) is 7.28. The molecule has 4 atom stereocenters. The molecule has 0 bridgehead atoms. The highest BCUT2D eigenvalue weighted by Crippen LogP contribution is 2.52. The molecule has 48 heavy (non-hydrogen) atoms. The third-order valence-electron chi connectivity index (χ3n) is 9.37. The van der Waals surface area contributed by atoms with E-state index in [-0.39, 0.29) is 24.6 Å². The molecule has 13 heteroatoms. The minimum atomic E-state index is -5.16. The molecule has 3 aliphatic rings. The van der Waals surface area contributed by atoms with Crippen molar-refractivity contribution in [3.05, 3.63) is 106 Å². The second kappa shape index (κ2) is 12.6. The zero-order valence-electron chi connectivity index (χ0n) is 25.6. The molecule has 2 amide bonds. The third kappa shape index (κ3) is 6.40. The molecule has 2 aliphatic heterocycles. The van der Waals surface area contributed by atoms with Crippen molar-refractivity contribution < 1.29 is 50.7 Å². The number of imide groups is 1. The number of fused-ring (bicyclic) bond motifs is 3. The Morgan fingerprint density at radius 2 is 1.54 bits per heavy atom. The summed E-state index contributed by atoms with van der Waals surface area (Å²) in [6.45, 7) is 1.76. The summed E-state index contributed by atoms with van der Waals surface area (Å²) in [4.78, 5) is 28.0. The Hall–Kier alpha value is -4.36. The van der Waals surface area contributed by atoms with Gasteiger partial charge in [0.15, 0.2) is 0 Å². The topological polar surface area (TPSA) is 87.1 Å². The van der Waals surface area contributed by atoms with Gasteiger partial charge in [0.25, 0.3) is 0 Å². The maximum atomic E-state index is 13.9. The first-order valence-corrected chi connectivity index (χ1v) is 15.4. The van der Waals surface area contributed by atoms with E-state index in [1.165, 1.54) is 0 Å². The van der Waals surface area contributed by atoms with Crippen LogP contribution in [-0.4, -0.2) is 35.2 Å². The summed E-state index contributed by atoms with van der Waals surface area (Å²) in [7, 11) is -1.33. The van der Waals surface area contributed by atoms with Gasteiger partial charge in [-0.15, -0.1) is 0 Å². The van der Waals surface area contributed by atoms with Crippen molar-refractivity contribution in [3.63, 3.8) is 0 Å². The summed E-state index contributed by atoms with van der Waals surface area (Å²) in [6, 6.07) is 17.0. The zero-order valence-corrected chi connectivity index (χ0v) is 25.6. The first-order chi connectivity index (χ1) is 22.6. The van der Waals surface area contributed by atoms with Crippen LogP contribution in [0, 0.1) is 17.8 Å². The number of phenolic OH excluding ortho intramolecular Hbond substituents is 1. The van der Waals surface area contributed by atoms with E-state index in [2.05, 4.69) is 0 Å². The molecule has 0 saturated carbocycles. The summed E-state index contributed by atoms with van der Waals surface area (Å²) in [6.07, 6.45) is -8.45. The second-order valence-corrected chi connectivity index (χ2v) is 12.4. The smallest absolute Gasteiger partial charge is 0.455 e. The van der Waals surface area contributed by atoms with Gasteiger partial charge in [-0.05, 0) is 85.5 Å². The van der Waals surface area contributed by atoms with Gasteiger partial charge in [0.05, 0.1) is 34.8 Å². The summed E-state index contributed by atoms with van der Waals surface area (Å²) < 4.78 is 87.8. The molecule has 2 saturated heterocycles. The molecule has 250 valence electrons. The monoisotopic (exact) mass is 669 g/mol. The number of carbonyl (C=O) groups excluding carboxylic acids is 2. The number of halogens is 6. The van der Waals surface area contributed by atoms with Crippen molar-refractivity contribution in [3.8, 4) is 5.75 Å². The Labute approximate surface area is 272 Å². The summed E-state index contributed by atoms with van der Waals surface area (Å²) in [5, 5.41) is 21.2. The number of benzene rings is 3. The van der Waals surface area contributed by atoms with E-state index >= 15 is 0 Å². The SMILES string of the molecule is CC1=C2[C@@H](CC/C(=C/c3ccccc3O)c3ccccc3)OB(O)C[C@@H]2[C@@H]2C(=O)N(c3cc(C(F)(F)F)cc(C(F)(F)F)c3)C(=O)[C@@H]2C1. The first kappa shape index (κ1) is 33.5. The van der Waals surface area contributed by atoms with Crippen LogP contribution in [-0.2, 0) is 26.6 Å². The number of allylic oxidation sites excluding steroid dienone is 2. The fourth-order valence-corrected chi connectivity index (χ4v) is 7.28. The molecule has 2 fully saturated rings. The molecule has 2 N–H and O–H groups in total. The number of carbonyl (C=O) groups is 2. The van der Waals surface area contributed by atoms with Gasteiger partial charge in [0.1, 0.15) is 5.75 Å². The lowest BCUT2D eigenvalue weighted by Crippen LogP contribution is -2.46. The second-order valence-electron chi connectivity index (χ2n) is 12.4. The van der Waals surface area contributed by atoms with Crippen LogP contribution in [0.1, 0.15) is 48.4 Å². The largest absolute Gasteiger partial charge is 0.507 e. The van der Waals surface area contributed by atoms with Gasteiger partial charge in [0.2, 0.25) is 11.8 Å². The van der Waals surface area contributed by atoms with Crippen LogP contribution in [0.3, 0.4) is 0 Å². The molecule has 6 rings (SSSR count). The fraction of sp³-hybridized carbons (Fsp3) is 0.314. The van der Waals surface area contributed by atoms with Crippen molar-refractivity contribution in [1.82, 2.24) is 0 Å². The van der Waals surface area contributed by atoms with E-state index < -0.39 is 72.0 Å². The average molecular weight is 669 g/mol. The molecular formula is C35H30BF6NO5. The Balaban J connectivity index is 1.32. The minimum Gasteiger partial charge on any atom is -0.507 e. The maximum Gasteiger partial charge on any atom is 0.455 e. The third-order valence-corrected chi connectivity index (χ3v) is 9.37. The number of rotatable bonds is 6. The zero-order chi connectivity index (χ0) is 34.5. The highest BCUT2D eigenvalue weighted by atomic mass is 19.4. The molecule has 0 spiro atoms. The number of alkyl halides is 6. The minimum absolute atomic E-state index is 0.0535. The van der Waals surface area contributed by atoms with Crippen molar-refractivity contribution in [2.24, 2.45) is 17.8 Å². The van der Waals surface area contributed by atoms with Crippen molar-refractivity contribution in [1.29, 1.82) is 0 Å². The van der Waals surface area contributed by atoms with Gasteiger partial charge in [-0.2, -0.15) is 26.3 Å². The molecule has 1 aliphatic carbocycles. The Kier molecular flexibility index (Phi) is 8.80. The van der Waals surface area contributed by atoms with Gasteiger partial charge in [-0.1, -0.05) is 54.1 Å². The van der Waals surface area contributed by atoms with Crippen LogP contribution < -0.4 is 4.90 Å². The number of phenols is 1. The normalized spacial score (nSPS) is 23.5. The van der Waals surface area contributed by atoms with E-state index in [0.29, 0.717) is 46.6 Å². The maximum absolute atomic E-state index is 13.9. The van der Waals surface area contributed by atoms with Crippen molar-refractivity contribution in [2.45, 2.75) is 51.0 Å². The highest BCUT2D eigenvalue weighted by Gasteiger charge is 2.57. The first-order valence-electron chi connectivity index (χ1n) is 15.4. The van der Waals surface area contributed by atoms with Crippen LogP contribution in [0.2, 0.25) is 6.32 Å². The summed E-state index contributed by atoms with van der Waals surface area (Å²) >= 11 is 0. The number of hydrogen-bond donors (Lipinski definition) is 2. The average Bonchev–Trinajstić information content (AvgIpc) is 3.27. The quantitative estimate of drug-likeness (QED) is 0.0921. The van der Waals surface area contributed by atoms with Crippen LogP contribution in [0.15, 0.2) is 83.9 Å². The van der Waals surface area contributed by atoms with E-state index in [9.17, 15) is 46.1 Å². The molecular weight excluding hydrogens is 639 g/mol. The number of para-hydroxylation sites is 1. The summed E-state index contributed by atoms with van der Waals surface area (Å²) in [5.41, 5.74) is -0.329. The molecule has 6 nitrogen and oxygen atoms in total. The molecule has 0 unspecified atom stereocenters. The molecule has 0 aromatic heterocycles. The van der Waals surface area contributed by atoms with E-state index in [0.717, 1.165) is 11.1 Å². The van der Waals surface area contributed by atoms with Crippen LogP contribution in [0.5, 0.6) is 5.75 Å². The van der Waals surface area contributed by atoms with E-state index in [1.807, 2.05) is 36.4 Å². The van der Waals surface area contributed by atoms with Gasteiger partial charge >= 0.3 is 19.5 Å². The highest BCUT2D eigenvalue weighted by molar-refractivity contribution is 6.43. The Morgan fingerprint density at radius 1 is 0.917 bits per heavy atom. The van der Waals surface area contributed by atoms with Crippen molar-refractivity contribution in [2.75, 3.05) is 4.90 Å². The number of anilines is 1. The van der Waals surface area contributed by atoms with Crippen LogP contribution >= 0.6 is 0 Å². The van der Waals surface area contributed by atoms with Gasteiger partial charge in [-0.3, -0.25) is 9.59 Å². The predicted molar refractivity (Wildman–Crippen MR) is 166 cm³/mol. The van der Waals surface area contributed by atoms with Crippen molar-refractivity contribution >= 4 is 36.3 Å². The summed E-state index contributed by atoms with van der Waals surface area (Å²) in [5.74, 6) is -4.57. The van der Waals surface area contributed by atoms with E-state index in [4.69, 9.17) is 4.65 Å². The number of hydrogen-bond acceptors (Lipinski definition) is 5. The lowest BCUT2D eigenvalue weighted by molar-refractivity contribution is -0.143. The Bertz CT molecular complexity index is 1770. The van der Waals surface area contributed by atoms with Gasteiger partial charge in [-0.25, -0.2) is 4.90 Å².